The van der Waals surface area contributed by atoms with E-state index in [0.29, 0.717) is 0 Å². The lowest BCUT2D eigenvalue weighted by Gasteiger charge is -1.98. The Labute approximate surface area is 110 Å². The molecule has 5 heteroatoms. The summed E-state index contributed by atoms with van der Waals surface area (Å²) in [4.78, 5) is 7.61. The highest BCUT2D eigenvalue weighted by Crippen LogP contribution is 2.51. The largest absolute Gasteiger partial charge is 0.377 e. The van der Waals surface area contributed by atoms with Crippen molar-refractivity contribution in [1.29, 1.82) is 0 Å². The van der Waals surface area contributed by atoms with Gasteiger partial charge in [-0.1, -0.05) is 60.7 Å². The van der Waals surface area contributed by atoms with Crippen molar-refractivity contribution in [3.05, 3.63) is 60.7 Å². The highest BCUT2D eigenvalue weighted by Gasteiger charge is 2.02. The first kappa shape index (κ1) is 14.3. The highest BCUT2D eigenvalue weighted by molar-refractivity contribution is 8.04. The van der Waals surface area contributed by atoms with Crippen molar-refractivity contribution >= 4 is 28.6 Å². The molecule has 90 valence electrons. The van der Waals surface area contributed by atoms with Gasteiger partial charge in [0.25, 0.3) is 0 Å². The van der Waals surface area contributed by atoms with E-state index in [9.17, 15) is 4.57 Å². The van der Waals surface area contributed by atoms with Crippen LogP contribution in [0.4, 0.5) is 0 Å². The van der Waals surface area contributed by atoms with E-state index < -0.39 is 6.07 Å². The number of halogens is 2. The van der Waals surface area contributed by atoms with Gasteiger partial charge in [-0.15, -0.1) is 0 Å². The Balaban J connectivity index is 0.000000249. The molecule has 0 heterocycles. The summed E-state index contributed by atoms with van der Waals surface area (Å²) >= 11 is 8.81. The van der Waals surface area contributed by atoms with E-state index >= 15 is 0 Å². The summed E-state index contributed by atoms with van der Waals surface area (Å²) in [5, 5.41) is 0. The molecule has 2 rings (SSSR count). The molecule has 0 unspecified atom stereocenters. The molecule has 0 saturated heterocycles. The van der Waals surface area contributed by atoms with Crippen LogP contribution in [0.15, 0.2) is 60.7 Å². The summed E-state index contributed by atoms with van der Waals surface area (Å²) in [5.74, 6) is 0. The summed E-state index contributed by atoms with van der Waals surface area (Å²) in [6.45, 7) is 0. The molecule has 0 fully saturated rings. The molecule has 0 atom stereocenters. The first-order valence-electron chi connectivity index (χ1n) is 4.79. The molecule has 0 aromatic heterocycles. The summed E-state index contributed by atoms with van der Waals surface area (Å²) in [7, 11) is 0. The van der Waals surface area contributed by atoms with Crippen molar-refractivity contribution < 1.29 is 9.46 Å². The molecule has 0 radical (unpaired) electrons. The topological polar surface area (TPSA) is 37.3 Å². The van der Waals surface area contributed by atoms with Gasteiger partial charge in [0.15, 0.2) is 0 Å². The maximum absolute atomic E-state index is 9.30. The molecule has 2 aromatic carbocycles. The third-order valence-corrected chi connectivity index (χ3v) is 1.88. The second-order valence-corrected chi connectivity index (χ2v) is 7.30. The van der Waals surface area contributed by atoms with Gasteiger partial charge in [-0.3, -0.25) is 4.57 Å². The molecule has 17 heavy (non-hydrogen) atoms. The standard InChI is InChI=1S/C12H10.Cl2HO2P/c1-3-7-11(8-4-1)12-9-5-2-6-10-12;1-5(2,3)4/h1-10H;(H,3,4). The van der Waals surface area contributed by atoms with E-state index in [4.69, 9.17) is 4.89 Å². The zero-order chi connectivity index (χ0) is 12.7. The summed E-state index contributed by atoms with van der Waals surface area (Å²) < 4.78 is 9.30. The maximum Gasteiger partial charge on any atom is 0.377 e. The second kappa shape index (κ2) is 6.83. The van der Waals surface area contributed by atoms with Crippen molar-refractivity contribution in [2.75, 3.05) is 0 Å². The molecular formula is C12H11Cl2O2P. The van der Waals surface area contributed by atoms with Crippen LogP contribution in [0.2, 0.25) is 0 Å². The van der Waals surface area contributed by atoms with Gasteiger partial charge in [0.1, 0.15) is 0 Å². The Hall–Kier alpha value is -0.790. The van der Waals surface area contributed by atoms with E-state index in [-0.39, 0.29) is 0 Å². The van der Waals surface area contributed by atoms with Crippen LogP contribution in [-0.4, -0.2) is 4.89 Å². The van der Waals surface area contributed by atoms with E-state index in [2.05, 4.69) is 71.0 Å². The van der Waals surface area contributed by atoms with Crippen LogP contribution in [0.25, 0.3) is 11.1 Å². The lowest BCUT2D eigenvalue weighted by Crippen LogP contribution is -1.73. The minimum Gasteiger partial charge on any atom is -0.322 e. The third kappa shape index (κ3) is 7.19. The highest BCUT2D eigenvalue weighted by atomic mass is 35.9. The van der Waals surface area contributed by atoms with Crippen LogP contribution in [-0.2, 0) is 4.57 Å². The number of rotatable bonds is 1. The average Bonchev–Trinajstić information content (AvgIpc) is 2.29. The molecule has 0 bridgehead atoms. The third-order valence-electron chi connectivity index (χ3n) is 1.88. The summed E-state index contributed by atoms with van der Waals surface area (Å²) in [6, 6.07) is 20.8. The smallest absolute Gasteiger partial charge is 0.322 e. The van der Waals surface area contributed by atoms with Crippen LogP contribution in [0, 0.1) is 0 Å². The molecule has 0 aliphatic rings. The molecular weight excluding hydrogens is 278 g/mol. The summed E-state index contributed by atoms with van der Waals surface area (Å²) in [6.07, 6.45) is -3.69. The Bertz CT molecular complexity index is 437. The first-order valence-corrected chi connectivity index (χ1v) is 8.26. The van der Waals surface area contributed by atoms with Gasteiger partial charge in [0.2, 0.25) is 0 Å². The van der Waals surface area contributed by atoms with Gasteiger partial charge in [-0.25, -0.2) is 0 Å². The zero-order valence-electron chi connectivity index (χ0n) is 8.83. The Morgan fingerprint density at radius 2 is 1.00 bits per heavy atom. The fourth-order valence-electron chi connectivity index (χ4n) is 1.26. The van der Waals surface area contributed by atoms with Crippen molar-refractivity contribution in [3.8, 4) is 11.1 Å². The van der Waals surface area contributed by atoms with E-state index in [1.54, 1.807) is 0 Å². The van der Waals surface area contributed by atoms with Crippen molar-refractivity contribution in [2.45, 2.75) is 0 Å². The maximum atomic E-state index is 9.30. The van der Waals surface area contributed by atoms with Crippen LogP contribution in [0.5, 0.6) is 0 Å². The number of hydrogen-bond donors (Lipinski definition) is 1. The first-order chi connectivity index (χ1) is 7.97. The lowest BCUT2D eigenvalue weighted by molar-refractivity contribution is 0.512. The van der Waals surface area contributed by atoms with Gasteiger partial charge >= 0.3 is 6.07 Å². The van der Waals surface area contributed by atoms with Gasteiger partial charge in [0.05, 0.1) is 0 Å². The summed E-state index contributed by atoms with van der Waals surface area (Å²) in [5.41, 5.74) is 2.55. The van der Waals surface area contributed by atoms with Gasteiger partial charge in [0, 0.05) is 0 Å². The monoisotopic (exact) mass is 288 g/mol. The van der Waals surface area contributed by atoms with E-state index in [1.165, 1.54) is 11.1 Å². The zero-order valence-corrected chi connectivity index (χ0v) is 11.2. The SMILES string of the molecule is O=P(O)(Cl)Cl.c1ccc(-c2ccccc2)cc1. The van der Waals surface area contributed by atoms with Gasteiger partial charge < -0.3 is 4.89 Å². The van der Waals surface area contributed by atoms with Crippen molar-refractivity contribution in [2.24, 2.45) is 0 Å². The quantitative estimate of drug-likeness (QED) is 0.757. The van der Waals surface area contributed by atoms with E-state index in [0.717, 1.165) is 0 Å². The minimum absolute atomic E-state index is 1.28. The molecule has 0 aliphatic carbocycles. The Kier molecular flexibility index (Phi) is 5.73. The van der Waals surface area contributed by atoms with Crippen molar-refractivity contribution in [3.63, 3.8) is 0 Å². The van der Waals surface area contributed by atoms with Crippen LogP contribution < -0.4 is 0 Å². The van der Waals surface area contributed by atoms with Crippen LogP contribution in [0.3, 0.4) is 0 Å². The molecule has 2 aromatic rings. The van der Waals surface area contributed by atoms with Gasteiger partial charge in [-0.2, -0.15) is 0 Å². The Morgan fingerprint density at radius 3 is 1.24 bits per heavy atom. The molecule has 1 N–H and O–H groups in total. The average molecular weight is 289 g/mol. The van der Waals surface area contributed by atoms with Crippen LogP contribution >= 0.6 is 28.6 Å². The predicted octanol–water partition coefficient (Wildman–Crippen LogP) is 4.92. The fourth-order valence-corrected chi connectivity index (χ4v) is 1.26. The normalized spacial score (nSPS) is 10.3. The van der Waals surface area contributed by atoms with E-state index in [1.807, 2.05) is 12.1 Å². The minimum atomic E-state index is -3.69. The predicted molar refractivity (Wildman–Crippen MR) is 73.4 cm³/mol. The number of benzene rings is 2. The molecule has 0 aliphatic heterocycles. The Morgan fingerprint density at radius 1 is 0.765 bits per heavy atom. The molecule has 0 spiro atoms. The van der Waals surface area contributed by atoms with Gasteiger partial charge in [-0.05, 0) is 33.6 Å². The number of hydrogen-bond acceptors (Lipinski definition) is 1. The van der Waals surface area contributed by atoms with Crippen molar-refractivity contribution in [1.82, 2.24) is 0 Å². The van der Waals surface area contributed by atoms with Crippen LogP contribution in [0.1, 0.15) is 0 Å². The fraction of sp³-hybridized carbons (Fsp3) is 0. The molecule has 0 saturated carbocycles. The lowest BCUT2D eigenvalue weighted by atomic mass is 10.1. The molecule has 0 amide bonds. The molecule has 2 nitrogen and oxygen atoms in total. The second-order valence-electron chi connectivity index (χ2n) is 3.17.